The van der Waals surface area contributed by atoms with Gasteiger partial charge in [0.15, 0.2) is 6.61 Å². The number of halogens is 1. The van der Waals surface area contributed by atoms with Gasteiger partial charge in [0.2, 0.25) is 0 Å². The highest BCUT2D eigenvalue weighted by molar-refractivity contribution is 5.97. The van der Waals surface area contributed by atoms with Crippen molar-refractivity contribution in [3.8, 4) is 23.8 Å². The second-order valence-corrected chi connectivity index (χ2v) is 6.96. The number of nitrogens with one attached hydrogen (secondary N) is 2. The molecule has 0 unspecified atom stereocenters. The van der Waals surface area contributed by atoms with Crippen LogP contribution in [0.2, 0.25) is 0 Å². The van der Waals surface area contributed by atoms with Crippen molar-refractivity contribution in [1.29, 1.82) is 0 Å². The van der Waals surface area contributed by atoms with Gasteiger partial charge >= 0.3 is 0 Å². The smallest absolute Gasteiger partial charge is 0.262 e. The third-order valence-corrected chi connectivity index (χ3v) is 4.58. The fraction of sp³-hybridized carbons (Fsp3) is 0.154. The summed E-state index contributed by atoms with van der Waals surface area (Å²) in [5.74, 6) is 1.95. The molecule has 168 valence electrons. The highest BCUT2D eigenvalue weighted by Crippen LogP contribution is 2.19. The van der Waals surface area contributed by atoms with Gasteiger partial charge in [0.1, 0.15) is 23.9 Å². The van der Waals surface area contributed by atoms with Crippen LogP contribution in [0, 0.1) is 18.2 Å². The van der Waals surface area contributed by atoms with Gasteiger partial charge in [0.25, 0.3) is 11.8 Å². The highest BCUT2D eigenvalue weighted by Gasteiger charge is 2.14. The molecule has 0 aliphatic carbocycles. The maximum atomic E-state index is 13.7. The molecule has 0 saturated carbocycles. The lowest BCUT2D eigenvalue weighted by atomic mass is 10.1. The van der Waals surface area contributed by atoms with E-state index in [-0.39, 0.29) is 30.6 Å². The van der Waals surface area contributed by atoms with Crippen molar-refractivity contribution in [2.75, 3.05) is 25.1 Å². The van der Waals surface area contributed by atoms with Crippen molar-refractivity contribution in [3.63, 3.8) is 0 Å². The largest absolute Gasteiger partial charge is 0.483 e. The van der Waals surface area contributed by atoms with Gasteiger partial charge in [-0.25, -0.2) is 4.39 Å². The molecular formula is C26H23FN2O4. The topological polar surface area (TPSA) is 76.7 Å². The van der Waals surface area contributed by atoms with Gasteiger partial charge in [0, 0.05) is 6.54 Å². The van der Waals surface area contributed by atoms with Crippen molar-refractivity contribution in [1.82, 2.24) is 5.32 Å². The van der Waals surface area contributed by atoms with E-state index >= 15 is 0 Å². The number of terminal acetylenes is 1. The van der Waals surface area contributed by atoms with Crippen LogP contribution in [0.3, 0.4) is 0 Å². The summed E-state index contributed by atoms with van der Waals surface area (Å²) in [6, 6.07) is 19.9. The highest BCUT2D eigenvalue weighted by atomic mass is 19.1. The van der Waals surface area contributed by atoms with Crippen LogP contribution >= 0.6 is 0 Å². The Morgan fingerprint density at radius 1 is 0.939 bits per heavy atom. The first kappa shape index (κ1) is 23.4. The van der Waals surface area contributed by atoms with Crippen molar-refractivity contribution >= 4 is 17.5 Å². The Morgan fingerprint density at radius 2 is 1.67 bits per heavy atom. The minimum Gasteiger partial charge on any atom is -0.483 e. The number of ether oxygens (including phenoxy) is 2. The minimum absolute atomic E-state index is 0.0628. The van der Waals surface area contributed by atoms with E-state index in [0.29, 0.717) is 24.3 Å². The Kier molecular flexibility index (Phi) is 8.43. The number of carbonyl (C=O) groups is 2. The summed E-state index contributed by atoms with van der Waals surface area (Å²) in [7, 11) is 0. The van der Waals surface area contributed by atoms with Gasteiger partial charge in [-0.1, -0.05) is 42.3 Å². The SMILES string of the molecule is C#CCOc1ccc(CCNC(=O)c2ccccc2OCC(=O)Nc2ccccc2F)cc1. The number of anilines is 1. The molecule has 0 bridgehead atoms. The zero-order valence-electron chi connectivity index (χ0n) is 17.8. The summed E-state index contributed by atoms with van der Waals surface area (Å²) in [6.07, 6.45) is 5.79. The Bertz CT molecular complexity index is 1140. The molecular weight excluding hydrogens is 423 g/mol. The molecule has 0 atom stereocenters. The third-order valence-electron chi connectivity index (χ3n) is 4.58. The number of amides is 2. The molecule has 7 heteroatoms. The monoisotopic (exact) mass is 446 g/mol. The van der Waals surface area contributed by atoms with Crippen molar-refractivity contribution in [3.05, 3.63) is 89.7 Å². The summed E-state index contributed by atoms with van der Waals surface area (Å²) < 4.78 is 24.5. The molecule has 33 heavy (non-hydrogen) atoms. The van der Waals surface area contributed by atoms with Crippen molar-refractivity contribution in [2.45, 2.75) is 6.42 Å². The number of carbonyl (C=O) groups excluding carboxylic acids is 2. The van der Waals surface area contributed by atoms with Gasteiger partial charge in [-0.15, -0.1) is 6.42 Å². The van der Waals surface area contributed by atoms with Crippen LogP contribution in [-0.4, -0.2) is 31.6 Å². The fourth-order valence-electron chi connectivity index (χ4n) is 2.97. The van der Waals surface area contributed by atoms with E-state index < -0.39 is 11.7 Å². The molecule has 0 aliphatic rings. The second-order valence-electron chi connectivity index (χ2n) is 6.96. The summed E-state index contributed by atoms with van der Waals surface area (Å²) in [5.41, 5.74) is 1.39. The number of para-hydroxylation sites is 2. The summed E-state index contributed by atoms with van der Waals surface area (Å²) in [6.45, 7) is 0.250. The lowest BCUT2D eigenvalue weighted by molar-refractivity contribution is -0.118. The molecule has 0 heterocycles. The van der Waals surface area contributed by atoms with Crippen LogP contribution < -0.4 is 20.1 Å². The van der Waals surface area contributed by atoms with Gasteiger partial charge in [-0.2, -0.15) is 0 Å². The number of hydrogen-bond acceptors (Lipinski definition) is 4. The average molecular weight is 446 g/mol. The quantitative estimate of drug-likeness (QED) is 0.464. The summed E-state index contributed by atoms with van der Waals surface area (Å²) >= 11 is 0. The predicted molar refractivity (Wildman–Crippen MR) is 124 cm³/mol. The van der Waals surface area contributed by atoms with E-state index in [2.05, 4.69) is 16.6 Å². The van der Waals surface area contributed by atoms with Crippen LogP contribution in [0.4, 0.5) is 10.1 Å². The van der Waals surface area contributed by atoms with Crippen LogP contribution in [0.15, 0.2) is 72.8 Å². The molecule has 0 fully saturated rings. The van der Waals surface area contributed by atoms with Gasteiger partial charge in [-0.3, -0.25) is 9.59 Å². The first-order valence-corrected chi connectivity index (χ1v) is 10.3. The van der Waals surface area contributed by atoms with Crippen LogP contribution in [-0.2, 0) is 11.2 Å². The van der Waals surface area contributed by atoms with Gasteiger partial charge < -0.3 is 20.1 Å². The van der Waals surface area contributed by atoms with E-state index in [1.807, 2.05) is 24.3 Å². The lowest BCUT2D eigenvalue weighted by Crippen LogP contribution is -2.27. The third kappa shape index (κ3) is 7.11. The maximum absolute atomic E-state index is 13.7. The van der Waals surface area contributed by atoms with Crippen molar-refractivity contribution < 1.29 is 23.5 Å². The lowest BCUT2D eigenvalue weighted by Gasteiger charge is -2.12. The van der Waals surface area contributed by atoms with E-state index in [4.69, 9.17) is 15.9 Å². The molecule has 0 radical (unpaired) electrons. The zero-order valence-corrected chi connectivity index (χ0v) is 17.8. The van der Waals surface area contributed by atoms with E-state index in [9.17, 15) is 14.0 Å². The molecule has 0 spiro atoms. The van der Waals surface area contributed by atoms with Crippen molar-refractivity contribution in [2.24, 2.45) is 0 Å². The zero-order chi connectivity index (χ0) is 23.5. The molecule has 0 aromatic heterocycles. The average Bonchev–Trinajstić information content (AvgIpc) is 2.84. The van der Waals surface area contributed by atoms with E-state index in [1.165, 1.54) is 18.2 Å². The molecule has 3 aromatic rings. The van der Waals surface area contributed by atoms with Crippen LogP contribution in [0.1, 0.15) is 15.9 Å². The number of benzene rings is 3. The first-order chi connectivity index (χ1) is 16.1. The fourth-order valence-corrected chi connectivity index (χ4v) is 2.97. The van der Waals surface area contributed by atoms with Crippen LogP contribution in [0.25, 0.3) is 0 Å². The molecule has 3 rings (SSSR count). The van der Waals surface area contributed by atoms with Gasteiger partial charge in [-0.05, 0) is 48.4 Å². The molecule has 6 nitrogen and oxygen atoms in total. The molecule has 0 aliphatic heterocycles. The molecule has 2 amide bonds. The molecule has 3 aromatic carbocycles. The normalized spacial score (nSPS) is 10.1. The minimum atomic E-state index is -0.541. The predicted octanol–water partition coefficient (Wildman–Crippen LogP) is 3.83. The summed E-state index contributed by atoms with van der Waals surface area (Å²) in [4.78, 5) is 24.7. The Labute approximate surface area is 191 Å². The maximum Gasteiger partial charge on any atom is 0.262 e. The second kappa shape index (κ2) is 11.9. The van der Waals surface area contributed by atoms with E-state index in [1.54, 1.807) is 30.3 Å². The number of rotatable bonds is 10. The molecule has 2 N–H and O–H groups in total. The van der Waals surface area contributed by atoms with Crippen LogP contribution in [0.5, 0.6) is 11.5 Å². The first-order valence-electron chi connectivity index (χ1n) is 10.3. The van der Waals surface area contributed by atoms with Gasteiger partial charge in [0.05, 0.1) is 11.3 Å². The Balaban J connectivity index is 1.50. The Hall–Kier alpha value is -4.31. The molecule has 0 saturated heterocycles. The number of hydrogen-bond donors (Lipinski definition) is 2. The Morgan fingerprint density at radius 3 is 2.42 bits per heavy atom. The summed E-state index contributed by atoms with van der Waals surface area (Å²) in [5, 5.41) is 5.28. The van der Waals surface area contributed by atoms with E-state index in [0.717, 1.165) is 5.56 Å². The standard InChI is InChI=1S/C26H23FN2O4/c1-2-17-32-20-13-11-19(12-14-20)15-16-28-26(31)21-7-3-6-10-24(21)33-18-25(30)29-23-9-5-4-8-22(23)27/h1,3-14H,15-18H2,(H,28,31)(H,29,30).